The first-order valence-electron chi connectivity index (χ1n) is 2.69. The van der Waals surface area contributed by atoms with Gasteiger partial charge in [0.15, 0.2) is 0 Å². The second-order valence-corrected chi connectivity index (χ2v) is 2.64. The highest BCUT2D eigenvalue weighted by Crippen LogP contribution is 2.07. The van der Waals surface area contributed by atoms with E-state index in [1.54, 1.807) is 0 Å². The standard InChI is InChI=1S/C5H9IO2/c6-3-5-1-2-7-4-8-5/h5H,1-4H2/t5-/m1/s1. The Morgan fingerprint density at radius 3 is 2.88 bits per heavy atom. The Balaban J connectivity index is 2.13. The first kappa shape index (κ1) is 6.77. The molecule has 8 heavy (non-hydrogen) atoms. The van der Waals surface area contributed by atoms with Gasteiger partial charge >= 0.3 is 0 Å². The van der Waals surface area contributed by atoms with Gasteiger partial charge in [0.2, 0.25) is 0 Å². The summed E-state index contributed by atoms with van der Waals surface area (Å²) in [6.45, 7) is 1.36. The molecule has 0 aliphatic carbocycles. The van der Waals surface area contributed by atoms with Crippen molar-refractivity contribution in [1.82, 2.24) is 0 Å². The summed E-state index contributed by atoms with van der Waals surface area (Å²) in [5.74, 6) is 0. The maximum Gasteiger partial charge on any atom is 0.147 e. The third kappa shape index (κ3) is 1.87. The lowest BCUT2D eigenvalue weighted by Crippen LogP contribution is -2.24. The van der Waals surface area contributed by atoms with Crippen LogP contribution in [-0.2, 0) is 9.47 Å². The van der Waals surface area contributed by atoms with E-state index in [4.69, 9.17) is 9.47 Å². The van der Waals surface area contributed by atoms with Crippen LogP contribution in [0, 0.1) is 0 Å². The molecule has 48 valence electrons. The van der Waals surface area contributed by atoms with Gasteiger partial charge in [-0.3, -0.25) is 0 Å². The van der Waals surface area contributed by atoms with Crippen LogP contribution in [0.5, 0.6) is 0 Å². The smallest absolute Gasteiger partial charge is 0.147 e. The Labute approximate surface area is 62.7 Å². The summed E-state index contributed by atoms with van der Waals surface area (Å²) in [5.41, 5.74) is 0. The van der Waals surface area contributed by atoms with Crippen LogP contribution >= 0.6 is 22.6 Å². The molecule has 1 aliphatic rings. The van der Waals surface area contributed by atoms with E-state index in [9.17, 15) is 0 Å². The molecule has 1 rings (SSSR count). The summed E-state index contributed by atoms with van der Waals surface area (Å²) in [6, 6.07) is 0. The minimum absolute atomic E-state index is 0.448. The number of hydrogen-bond acceptors (Lipinski definition) is 2. The van der Waals surface area contributed by atoms with Crippen molar-refractivity contribution in [2.45, 2.75) is 12.5 Å². The highest BCUT2D eigenvalue weighted by atomic mass is 127. The minimum atomic E-state index is 0.448. The van der Waals surface area contributed by atoms with E-state index in [0.29, 0.717) is 12.9 Å². The van der Waals surface area contributed by atoms with E-state index in [1.807, 2.05) is 0 Å². The van der Waals surface area contributed by atoms with Crippen LogP contribution in [0.2, 0.25) is 0 Å². The number of halogens is 1. The first-order chi connectivity index (χ1) is 3.93. The van der Waals surface area contributed by atoms with Crippen LogP contribution in [0.4, 0.5) is 0 Å². The van der Waals surface area contributed by atoms with Crippen molar-refractivity contribution >= 4 is 22.6 Å². The Hall–Kier alpha value is 0.650. The lowest BCUT2D eigenvalue weighted by Gasteiger charge is -2.20. The zero-order valence-electron chi connectivity index (χ0n) is 4.60. The molecule has 0 saturated carbocycles. The second kappa shape index (κ2) is 3.63. The summed E-state index contributed by atoms with van der Waals surface area (Å²) in [7, 11) is 0. The summed E-state index contributed by atoms with van der Waals surface area (Å²) in [5, 5.41) is 0. The molecule has 0 N–H and O–H groups in total. The van der Waals surface area contributed by atoms with E-state index in [0.717, 1.165) is 17.5 Å². The molecule has 1 fully saturated rings. The lowest BCUT2D eigenvalue weighted by atomic mass is 10.3. The molecule has 1 saturated heterocycles. The van der Waals surface area contributed by atoms with E-state index in [-0.39, 0.29) is 0 Å². The lowest BCUT2D eigenvalue weighted by molar-refractivity contribution is -0.129. The summed E-state index contributed by atoms with van der Waals surface area (Å²) in [6.07, 6.45) is 1.51. The van der Waals surface area contributed by atoms with E-state index >= 15 is 0 Å². The molecule has 0 aromatic carbocycles. The number of ether oxygens (including phenoxy) is 2. The molecule has 0 aromatic rings. The van der Waals surface area contributed by atoms with Crippen LogP contribution in [0.1, 0.15) is 6.42 Å². The fraction of sp³-hybridized carbons (Fsp3) is 1.00. The van der Waals surface area contributed by atoms with Gasteiger partial charge in [0, 0.05) is 4.43 Å². The summed E-state index contributed by atoms with van der Waals surface area (Å²) < 4.78 is 11.3. The van der Waals surface area contributed by atoms with Crippen molar-refractivity contribution in [3.63, 3.8) is 0 Å². The highest BCUT2D eigenvalue weighted by Gasteiger charge is 2.10. The van der Waals surface area contributed by atoms with Crippen LogP contribution in [0.15, 0.2) is 0 Å². The zero-order valence-corrected chi connectivity index (χ0v) is 6.76. The molecule has 2 nitrogen and oxygen atoms in total. The number of rotatable bonds is 1. The van der Waals surface area contributed by atoms with Crippen molar-refractivity contribution in [3.05, 3.63) is 0 Å². The number of alkyl halides is 1. The van der Waals surface area contributed by atoms with Crippen LogP contribution < -0.4 is 0 Å². The van der Waals surface area contributed by atoms with E-state index < -0.39 is 0 Å². The predicted octanol–water partition coefficient (Wildman–Crippen LogP) is 1.18. The van der Waals surface area contributed by atoms with Crippen molar-refractivity contribution in [1.29, 1.82) is 0 Å². The van der Waals surface area contributed by atoms with E-state index in [2.05, 4.69) is 22.6 Å². The van der Waals surface area contributed by atoms with Crippen LogP contribution in [0.25, 0.3) is 0 Å². The molecule has 0 aromatic heterocycles. The van der Waals surface area contributed by atoms with Crippen molar-refractivity contribution < 1.29 is 9.47 Å². The minimum Gasteiger partial charge on any atom is -0.355 e. The van der Waals surface area contributed by atoms with Gasteiger partial charge in [0.05, 0.1) is 12.7 Å². The fourth-order valence-corrected chi connectivity index (χ4v) is 1.32. The maximum atomic E-state index is 5.20. The molecule has 3 heteroatoms. The van der Waals surface area contributed by atoms with Crippen LogP contribution in [-0.4, -0.2) is 23.9 Å². The van der Waals surface area contributed by atoms with Gasteiger partial charge in [-0.15, -0.1) is 0 Å². The molecule has 0 radical (unpaired) electrons. The molecule has 0 bridgehead atoms. The average molecular weight is 228 g/mol. The van der Waals surface area contributed by atoms with Gasteiger partial charge in [-0.2, -0.15) is 0 Å². The maximum absolute atomic E-state index is 5.20. The van der Waals surface area contributed by atoms with Crippen molar-refractivity contribution in [3.8, 4) is 0 Å². The van der Waals surface area contributed by atoms with E-state index in [1.165, 1.54) is 0 Å². The quantitative estimate of drug-likeness (QED) is 0.495. The third-order valence-corrected chi connectivity index (χ3v) is 2.13. The predicted molar refractivity (Wildman–Crippen MR) is 39.2 cm³/mol. The summed E-state index contributed by atoms with van der Waals surface area (Å²) >= 11 is 2.33. The largest absolute Gasteiger partial charge is 0.355 e. The molecular formula is C5H9IO2. The normalized spacial score (nSPS) is 30.4. The number of hydrogen-bond donors (Lipinski definition) is 0. The van der Waals surface area contributed by atoms with Crippen LogP contribution in [0.3, 0.4) is 0 Å². The van der Waals surface area contributed by atoms with Crippen molar-refractivity contribution in [2.75, 3.05) is 17.8 Å². The SMILES string of the molecule is IC[C@H]1CCOCO1. The average Bonchev–Trinajstić information content (AvgIpc) is 1.90. The molecule has 1 atom stereocenters. The zero-order chi connectivity index (χ0) is 5.82. The summed E-state index contributed by atoms with van der Waals surface area (Å²) in [4.78, 5) is 0. The Morgan fingerprint density at radius 1 is 1.62 bits per heavy atom. The van der Waals surface area contributed by atoms with Crippen molar-refractivity contribution in [2.24, 2.45) is 0 Å². The molecular weight excluding hydrogens is 219 g/mol. The van der Waals surface area contributed by atoms with Gasteiger partial charge < -0.3 is 9.47 Å². The van der Waals surface area contributed by atoms with Gasteiger partial charge in [0.1, 0.15) is 6.79 Å². The Kier molecular flexibility index (Phi) is 3.07. The van der Waals surface area contributed by atoms with Gasteiger partial charge in [-0.1, -0.05) is 22.6 Å². The molecule has 0 unspecified atom stereocenters. The monoisotopic (exact) mass is 228 g/mol. The molecule has 0 amide bonds. The topological polar surface area (TPSA) is 18.5 Å². The fourth-order valence-electron chi connectivity index (χ4n) is 0.623. The highest BCUT2D eigenvalue weighted by molar-refractivity contribution is 14.1. The molecule has 0 spiro atoms. The molecule has 1 heterocycles. The first-order valence-corrected chi connectivity index (χ1v) is 4.21. The molecule has 1 aliphatic heterocycles. The Morgan fingerprint density at radius 2 is 2.50 bits per heavy atom. The van der Waals surface area contributed by atoms with Gasteiger partial charge in [-0.05, 0) is 6.42 Å². The second-order valence-electron chi connectivity index (χ2n) is 1.76. The van der Waals surface area contributed by atoms with Gasteiger partial charge in [-0.25, -0.2) is 0 Å². The Bertz CT molecular complexity index is 61.4. The third-order valence-electron chi connectivity index (χ3n) is 1.14. The van der Waals surface area contributed by atoms with Gasteiger partial charge in [0.25, 0.3) is 0 Å².